The molecule has 1 aromatic heterocycles. The van der Waals surface area contributed by atoms with E-state index in [1.165, 1.54) is 22.3 Å². The number of ether oxygens (including phenoxy) is 1. The van der Waals surface area contributed by atoms with Crippen LogP contribution < -0.4 is 9.21 Å². The van der Waals surface area contributed by atoms with Crippen LogP contribution in [0.2, 0.25) is 0 Å². The maximum atomic E-state index is 12.7. The minimum absolute atomic E-state index is 0.216. The lowest BCUT2D eigenvalue weighted by Crippen LogP contribution is -2.38. The number of nitrogens with zero attached hydrogens (tertiary/aromatic N) is 5. The first kappa shape index (κ1) is 26.9. The fraction of sp³-hybridized carbons (Fsp3) is 0.577. The zero-order valence-corrected chi connectivity index (χ0v) is 21.9. The van der Waals surface area contributed by atoms with E-state index >= 15 is 0 Å². The van der Waals surface area contributed by atoms with E-state index < -0.39 is 10.0 Å². The topological polar surface area (TPSA) is 99.4 Å². The molecule has 0 radical (unpaired) electrons. The van der Waals surface area contributed by atoms with Gasteiger partial charge in [-0.15, -0.1) is 0 Å². The highest BCUT2D eigenvalue weighted by molar-refractivity contribution is 7.92. The molecule has 0 N–H and O–H groups in total. The van der Waals surface area contributed by atoms with Crippen molar-refractivity contribution >= 4 is 21.5 Å². The van der Waals surface area contributed by atoms with E-state index in [9.17, 15) is 13.7 Å². The maximum absolute atomic E-state index is 12.7. The van der Waals surface area contributed by atoms with Crippen LogP contribution in [-0.4, -0.2) is 57.5 Å². The molecule has 1 aromatic carbocycles. The second-order valence-electron chi connectivity index (χ2n) is 9.28. The molecular formula is C26H37N5O3S. The molecule has 2 unspecified atom stereocenters. The van der Waals surface area contributed by atoms with E-state index in [1.54, 1.807) is 13.3 Å². The van der Waals surface area contributed by atoms with Crippen molar-refractivity contribution in [2.45, 2.75) is 58.0 Å². The van der Waals surface area contributed by atoms with Crippen molar-refractivity contribution in [2.24, 2.45) is 5.92 Å². The van der Waals surface area contributed by atoms with Crippen molar-refractivity contribution < 1.29 is 13.2 Å². The number of benzene rings is 1. The number of aryl methyl sites for hydroxylation is 1. The molecule has 1 aliphatic rings. The highest BCUT2D eigenvalue weighted by Crippen LogP contribution is 2.28. The van der Waals surface area contributed by atoms with Gasteiger partial charge in [0.2, 0.25) is 10.0 Å². The molecule has 2 heterocycles. The van der Waals surface area contributed by atoms with E-state index in [0.29, 0.717) is 23.1 Å². The highest BCUT2D eigenvalue weighted by atomic mass is 32.2. The smallest absolute Gasteiger partial charge is 0.232 e. The average Bonchev–Trinajstić information content (AvgIpc) is 3.10. The van der Waals surface area contributed by atoms with Gasteiger partial charge in [0.25, 0.3) is 0 Å². The van der Waals surface area contributed by atoms with Crippen molar-refractivity contribution in [3.63, 3.8) is 0 Å². The van der Waals surface area contributed by atoms with Gasteiger partial charge in [-0.25, -0.2) is 18.4 Å². The molecule has 0 saturated carbocycles. The second-order valence-corrected chi connectivity index (χ2v) is 11.2. The van der Waals surface area contributed by atoms with Crippen LogP contribution in [0.25, 0.3) is 0 Å². The predicted octanol–water partition coefficient (Wildman–Crippen LogP) is 4.17. The summed E-state index contributed by atoms with van der Waals surface area (Å²) in [4.78, 5) is 10.7. The van der Waals surface area contributed by atoms with Gasteiger partial charge in [0, 0.05) is 32.6 Å². The van der Waals surface area contributed by atoms with Gasteiger partial charge >= 0.3 is 0 Å². The average molecular weight is 500 g/mol. The lowest BCUT2D eigenvalue weighted by molar-refractivity contribution is 0.0855. The van der Waals surface area contributed by atoms with Crippen LogP contribution in [0.3, 0.4) is 0 Å². The fourth-order valence-electron chi connectivity index (χ4n) is 4.70. The zero-order chi connectivity index (χ0) is 25.3. The molecule has 9 heteroatoms. The first-order valence-corrected chi connectivity index (χ1v) is 14.3. The summed E-state index contributed by atoms with van der Waals surface area (Å²) in [5, 5.41) is 9.37. The Morgan fingerprint density at radius 1 is 1.20 bits per heavy atom. The van der Waals surface area contributed by atoms with E-state index in [2.05, 4.69) is 27.9 Å². The molecule has 2 aromatic rings. The van der Waals surface area contributed by atoms with Crippen molar-refractivity contribution in [2.75, 3.05) is 42.2 Å². The predicted molar refractivity (Wildman–Crippen MR) is 139 cm³/mol. The van der Waals surface area contributed by atoms with Gasteiger partial charge in [0.15, 0.2) is 11.5 Å². The molecule has 0 amide bonds. The minimum atomic E-state index is -3.45. The van der Waals surface area contributed by atoms with Crippen molar-refractivity contribution in [3.8, 4) is 6.07 Å². The zero-order valence-electron chi connectivity index (χ0n) is 21.1. The lowest BCUT2D eigenvalue weighted by Gasteiger charge is -2.29. The number of anilines is 2. The molecule has 0 spiro atoms. The molecule has 190 valence electrons. The Hall–Kier alpha value is -2.70. The highest BCUT2D eigenvalue weighted by Gasteiger charge is 2.27. The number of hydrogen-bond acceptors (Lipinski definition) is 7. The summed E-state index contributed by atoms with van der Waals surface area (Å²) >= 11 is 0. The van der Waals surface area contributed by atoms with Crippen molar-refractivity contribution in [1.82, 2.24) is 9.97 Å². The first-order chi connectivity index (χ1) is 16.9. The third kappa shape index (κ3) is 7.64. The van der Waals surface area contributed by atoms with Crippen LogP contribution in [0.5, 0.6) is 0 Å². The van der Waals surface area contributed by atoms with Gasteiger partial charge in [-0.1, -0.05) is 25.5 Å². The Balaban J connectivity index is 1.65. The number of nitriles is 1. The number of sulfonamides is 1. The SMILES string of the molecule is CCCCc1ccc(N(CC(CC2CCCN(c3nccnc3C#N)CC2)OC)S(C)(=O)=O)cc1. The number of methoxy groups -OCH3 is 1. The number of rotatable bonds is 11. The Morgan fingerprint density at radius 2 is 1.94 bits per heavy atom. The summed E-state index contributed by atoms with van der Waals surface area (Å²) in [5.74, 6) is 1.04. The van der Waals surface area contributed by atoms with Crippen LogP contribution >= 0.6 is 0 Å². The number of unbranched alkanes of at least 4 members (excludes halogenated alkanes) is 1. The molecule has 3 rings (SSSR count). The molecule has 0 bridgehead atoms. The summed E-state index contributed by atoms with van der Waals surface area (Å²) in [5.41, 5.74) is 2.25. The van der Waals surface area contributed by atoms with Gasteiger partial charge in [-0.3, -0.25) is 4.31 Å². The van der Waals surface area contributed by atoms with Crippen LogP contribution in [0, 0.1) is 17.2 Å². The Morgan fingerprint density at radius 3 is 2.60 bits per heavy atom. The van der Waals surface area contributed by atoms with E-state index in [4.69, 9.17) is 4.74 Å². The molecule has 8 nitrogen and oxygen atoms in total. The lowest BCUT2D eigenvalue weighted by atomic mass is 9.94. The normalized spacial score (nSPS) is 17.4. The van der Waals surface area contributed by atoms with Gasteiger partial charge in [-0.05, 0) is 62.1 Å². The monoisotopic (exact) mass is 499 g/mol. The second kappa shape index (κ2) is 12.8. The first-order valence-electron chi connectivity index (χ1n) is 12.4. The standard InChI is InChI=1S/C26H37N5O3S/c1-4-5-7-21-9-11-23(12-10-21)31(35(3,32)33)20-24(34-2)18-22-8-6-16-30(17-13-22)26-25(19-27)28-14-15-29-26/h9-12,14-15,22,24H,4-8,13,16-18,20H2,1-3H3. The van der Waals surface area contributed by atoms with Crippen molar-refractivity contribution in [3.05, 3.63) is 47.9 Å². The summed E-state index contributed by atoms with van der Waals surface area (Å²) in [6, 6.07) is 9.97. The van der Waals surface area contributed by atoms with Gasteiger partial charge in [-0.2, -0.15) is 5.26 Å². The van der Waals surface area contributed by atoms with Crippen LogP contribution in [0.15, 0.2) is 36.7 Å². The summed E-state index contributed by atoms with van der Waals surface area (Å²) in [7, 11) is -1.80. The molecule has 0 aliphatic carbocycles. The molecule has 1 saturated heterocycles. The summed E-state index contributed by atoms with van der Waals surface area (Å²) < 4.78 is 32.6. The maximum Gasteiger partial charge on any atom is 0.232 e. The minimum Gasteiger partial charge on any atom is -0.380 e. The third-order valence-corrected chi connectivity index (χ3v) is 7.84. The van der Waals surface area contributed by atoms with Crippen LogP contribution in [0.1, 0.15) is 56.7 Å². The Bertz CT molecular complexity index is 1080. The summed E-state index contributed by atoms with van der Waals surface area (Å²) in [6.07, 6.45) is 11.1. The van der Waals surface area contributed by atoms with Gasteiger partial charge < -0.3 is 9.64 Å². The molecule has 1 aliphatic heterocycles. The fourth-order valence-corrected chi connectivity index (χ4v) is 5.64. The Kier molecular flexibility index (Phi) is 9.87. The quantitative estimate of drug-likeness (QED) is 0.457. The van der Waals surface area contributed by atoms with Crippen LogP contribution in [-0.2, 0) is 21.2 Å². The summed E-state index contributed by atoms with van der Waals surface area (Å²) in [6.45, 7) is 4.05. The number of aromatic nitrogens is 2. The van der Waals surface area contributed by atoms with E-state index in [0.717, 1.165) is 58.0 Å². The molecule has 1 fully saturated rings. The number of hydrogen-bond donors (Lipinski definition) is 0. The molecule has 35 heavy (non-hydrogen) atoms. The van der Waals surface area contributed by atoms with Gasteiger partial charge in [0.1, 0.15) is 6.07 Å². The third-order valence-electron chi connectivity index (χ3n) is 6.67. The molecule has 2 atom stereocenters. The van der Waals surface area contributed by atoms with Crippen molar-refractivity contribution in [1.29, 1.82) is 5.26 Å². The van der Waals surface area contributed by atoms with Crippen LogP contribution in [0.4, 0.5) is 11.5 Å². The Labute approximate surface area is 210 Å². The van der Waals surface area contributed by atoms with Gasteiger partial charge in [0.05, 0.1) is 24.6 Å². The van der Waals surface area contributed by atoms with E-state index in [1.807, 2.05) is 24.3 Å². The molecular weight excluding hydrogens is 462 g/mol. The van der Waals surface area contributed by atoms with E-state index in [-0.39, 0.29) is 12.6 Å². The largest absolute Gasteiger partial charge is 0.380 e.